The predicted octanol–water partition coefficient (Wildman–Crippen LogP) is 1.81. The Balaban J connectivity index is 0.00000264. The molecule has 2 rings (SSSR count). The Morgan fingerprint density at radius 3 is 3.04 bits per heavy atom. The van der Waals surface area contributed by atoms with Gasteiger partial charge in [0.2, 0.25) is 5.91 Å². The first-order valence-electron chi connectivity index (χ1n) is 8.12. The second-order valence-electron chi connectivity index (χ2n) is 5.80. The summed E-state index contributed by atoms with van der Waals surface area (Å²) >= 11 is 0. The molecule has 0 radical (unpaired) electrons. The van der Waals surface area contributed by atoms with Crippen LogP contribution in [0.25, 0.3) is 0 Å². The van der Waals surface area contributed by atoms with E-state index in [0.29, 0.717) is 19.1 Å². The molecule has 1 amide bonds. The van der Waals surface area contributed by atoms with Crippen LogP contribution in [0.15, 0.2) is 24.3 Å². The number of rotatable bonds is 7. The zero-order valence-corrected chi connectivity index (χ0v) is 14.8. The largest absolute Gasteiger partial charge is 0.494 e. The monoisotopic (exact) mass is 341 g/mol. The SMILES string of the molecule is CCCOc1cccc(CNC(=O)CN2CCNC[C@H]2C)c1.Cl. The van der Waals surface area contributed by atoms with E-state index in [4.69, 9.17) is 4.74 Å². The molecule has 1 heterocycles. The highest BCUT2D eigenvalue weighted by atomic mass is 35.5. The summed E-state index contributed by atoms with van der Waals surface area (Å²) in [4.78, 5) is 14.3. The maximum Gasteiger partial charge on any atom is 0.234 e. The average Bonchev–Trinajstić information content (AvgIpc) is 2.53. The lowest BCUT2D eigenvalue weighted by molar-refractivity contribution is -0.123. The number of hydrogen-bond donors (Lipinski definition) is 2. The van der Waals surface area contributed by atoms with Crippen molar-refractivity contribution in [3.05, 3.63) is 29.8 Å². The lowest BCUT2D eigenvalue weighted by Crippen LogP contribution is -2.52. The molecule has 1 aliphatic heterocycles. The van der Waals surface area contributed by atoms with Gasteiger partial charge in [-0.05, 0) is 31.0 Å². The molecule has 23 heavy (non-hydrogen) atoms. The lowest BCUT2D eigenvalue weighted by Gasteiger charge is -2.33. The van der Waals surface area contributed by atoms with Crippen LogP contribution < -0.4 is 15.4 Å². The molecule has 0 unspecified atom stereocenters. The van der Waals surface area contributed by atoms with E-state index in [1.54, 1.807) is 0 Å². The molecule has 1 fully saturated rings. The second-order valence-corrected chi connectivity index (χ2v) is 5.80. The fourth-order valence-electron chi connectivity index (χ4n) is 2.52. The highest BCUT2D eigenvalue weighted by Crippen LogP contribution is 2.13. The fourth-order valence-corrected chi connectivity index (χ4v) is 2.52. The van der Waals surface area contributed by atoms with Gasteiger partial charge in [0.15, 0.2) is 0 Å². The first kappa shape index (κ1) is 19.7. The summed E-state index contributed by atoms with van der Waals surface area (Å²) in [6.07, 6.45) is 0.990. The third-order valence-corrected chi connectivity index (χ3v) is 3.85. The van der Waals surface area contributed by atoms with Crippen LogP contribution >= 0.6 is 12.4 Å². The molecular weight excluding hydrogens is 314 g/mol. The molecule has 1 aromatic rings. The zero-order valence-electron chi connectivity index (χ0n) is 14.0. The minimum Gasteiger partial charge on any atom is -0.494 e. The van der Waals surface area contributed by atoms with E-state index in [2.05, 4.69) is 29.4 Å². The van der Waals surface area contributed by atoms with E-state index in [-0.39, 0.29) is 18.3 Å². The van der Waals surface area contributed by atoms with Crippen molar-refractivity contribution >= 4 is 18.3 Å². The van der Waals surface area contributed by atoms with Gasteiger partial charge in [-0.3, -0.25) is 9.69 Å². The van der Waals surface area contributed by atoms with Crippen molar-refractivity contribution in [1.29, 1.82) is 0 Å². The Kier molecular flexibility index (Phi) is 8.99. The van der Waals surface area contributed by atoms with Crippen molar-refractivity contribution in [2.75, 3.05) is 32.8 Å². The van der Waals surface area contributed by atoms with Crippen LogP contribution in [0.4, 0.5) is 0 Å². The summed E-state index contributed by atoms with van der Waals surface area (Å²) in [6.45, 7) is 8.79. The summed E-state index contributed by atoms with van der Waals surface area (Å²) in [6, 6.07) is 8.31. The molecular formula is C17H28ClN3O2. The summed E-state index contributed by atoms with van der Waals surface area (Å²) < 4.78 is 5.61. The number of halogens is 1. The third kappa shape index (κ3) is 6.77. The van der Waals surface area contributed by atoms with Gasteiger partial charge >= 0.3 is 0 Å². The number of nitrogens with one attached hydrogen (secondary N) is 2. The molecule has 130 valence electrons. The van der Waals surface area contributed by atoms with E-state index in [1.807, 2.05) is 24.3 Å². The molecule has 0 bridgehead atoms. The van der Waals surface area contributed by atoms with E-state index >= 15 is 0 Å². The van der Waals surface area contributed by atoms with Crippen molar-refractivity contribution in [1.82, 2.24) is 15.5 Å². The Hall–Kier alpha value is -1.30. The summed E-state index contributed by atoms with van der Waals surface area (Å²) in [5.74, 6) is 0.943. The quantitative estimate of drug-likeness (QED) is 0.794. The first-order chi connectivity index (χ1) is 10.7. The highest BCUT2D eigenvalue weighted by Gasteiger charge is 2.19. The first-order valence-corrected chi connectivity index (χ1v) is 8.12. The van der Waals surface area contributed by atoms with Crippen LogP contribution in [0, 0.1) is 0 Å². The van der Waals surface area contributed by atoms with Gasteiger partial charge in [0.25, 0.3) is 0 Å². The van der Waals surface area contributed by atoms with Gasteiger partial charge < -0.3 is 15.4 Å². The van der Waals surface area contributed by atoms with Gasteiger partial charge in [0, 0.05) is 32.2 Å². The maximum absolute atomic E-state index is 12.1. The number of carbonyl (C=O) groups is 1. The van der Waals surface area contributed by atoms with Crippen molar-refractivity contribution < 1.29 is 9.53 Å². The molecule has 0 aliphatic carbocycles. The minimum atomic E-state index is 0. The third-order valence-electron chi connectivity index (χ3n) is 3.85. The lowest BCUT2D eigenvalue weighted by atomic mass is 10.2. The van der Waals surface area contributed by atoms with Crippen LogP contribution in [0.3, 0.4) is 0 Å². The molecule has 0 aromatic heterocycles. The van der Waals surface area contributed by atoms with Crippen molar-refractivity contribution in [3.8, 4) is 5.75 Å². The van der Waals surface area contributed by atoms with Gasteiger partial charge in [-0.15, -0.1) is 12.4 Å². The topological polar surface area (TPSA) is 53.6 Å². The van der Waals surface area contributed by atoms with Gasteiger partial charge in [-0.1, -0.05) is 19.1 Å². The molecule has 0 spiro atoms. The number of carbonyl (C=O) groups excluding carboxylic acids is 1. The zero-order chi connectivity index (χ0) is 15.8. The van der Waals surface area contributed by atoms with E-state index in [9.17, 15) is 4.79 Å². The molecule has 5 nitrogen and oxygen atoms in total. The Labute approximate surface area is 145 Å². The van der Waals surface area contributed by atoms with Crippen molar-refractivity contribution in [2.24, 2.45) is 0 Å². The van der Waals surface area contributed by atoms with Crippen LogP contribution in [0.1, 0.15) is 25.8 Å². The molecule has 1 saturated heterocycles. The smallest absolute Gasteiger partial charge is 0.234 e. The van der Waals surface area contributed by atoms with Crippen LogP contribution in [0.5, 0.6) is 5.75 Å². The number of nitrogens with zero attached hydrogens (tertiary/aromatic N) is 1. The van der Waals surface area contributed by atoms with Crippen LogP contribution in [0.2, 0.25) is 0 Å². The Morgan fingerprint density at radius 1 is 1.48 bits per heavy atom. The summed E-state index contributed by atoms with van der Waals surface area (Å²) in [5, 5.41) is 6.32. The van der Waals surface area contributed by atoms with E-state index < -0.39 is 0 Å². The Bertz CT molecular complexity index is 485. The van der Waals surface area contributed by atoms with Gasteiger partial charge in [-0.25, -0.2) is 0 Å². The van der Waals surface area contributed by atoms with Gasteiger partial charge in [0.05, 0.1) is 13.2 Å². The highest BCUT2D eigenvalue weighted by molar-refractivity contribution is 5.85. The molecule has 6 heteroatoms. The number of ether oxygens (including phenoxy) is 1. The Morgan fingerprint density at radius 2 is 2.30 bits per heavy atom. The van der Waals surface area contributed by atoms with Crippen LogP contribution in [-0.4, -0.2) is 49.6 Å². The number of amides is 1. The molecule has 1 aliphatic rings. The molecule has 1 aromatic carbocycles. The molecule has 1 atom stereocenters. The fraction of sp³-hybridized carbons (Fsp3) is 0.588. The van der Waals surface area contributed by atoms with Gasteiger partial charge in [0.1, 0.15) is 5.75 Å². The van der Waals surface area contributed by atoms with Gasteiger partial charge in [-0.2, -0.15) is 0 Å². The average molecular weight is 342 g/mol. The van der Waals surface area contributed by atoms with Crippen molar-refractivity contribution in [2.45, 2.75) is 32.9 Å². The minimum absolute atomic E-state index is 0. The maximum atomic E-state index is 12.1. The number of piperazine rings is 1. The van der Waals surface area contributed by atoms with Crippen molar-refractivity contribution in [3.63, 3.8) is 0 Å². The summed E-state index contributed by atoms with van der Waals surface area (Å²) in [7, 11) is 0. The number of hydrogen-bond acceptors (Lipinski definition) is 4. The van der Waals surface area contributed by atoms with E-state index in [0.717, 1.165) is 44.0 Å². The predicted molar refractivity (Wildman–Crippen MR) is 95.2 cm³/mol. The number of benzene rings is 1. The molecule has 2 N–H and O–H groups in total. The van der Waals surface area contributed by atoms with E-state index in [1.165, 1.54) is 0 Å². The summed E-state index contributed by atoms with van der Waals surface area (Å²) in [5.41, 5.74) is 1.07. The normalized spacial score (nSPS) is 18.1. The second kappa shape index (κ2) is 10.5. The molecule has 0 saturated carbocycles. The standard InChI is InChI=1S/C17H27N3O2.ClH/c1-3-9-22-16-6-4-5-15(10-16)12-19-17(21)13-20-8-7-18-11-14(20)2;/h4-6,10,14,18H,3,7-9,11-13H2,1-2H3,(H,19,21);1H/t14-;/m1./s1. The van der Waals surface area contributed by atoms with Crippen LogP contribution in [-0.2, 0) is 11.3 Å².